The average Bonchev–Trinajstić information content (AvgIpc) is 3.02. The molecule has 6 heteroatoms. The van der Waals surface area contributed by atoms with Gasteiger partial charge in [0.25, 0.3) is 10.0 Å². The Balaban J connectivity index is 1.86. The third-order valence-electron chi connectivity index (χ3n) is 2.94. The van der Waals surface area contributed by atoms with E-state index in [0.717, 1.165) is 5.69 Å². The van der Waals surface area contributed by atoms with Gasteiger partial charge in [-0.15, -0.1) is 0 Å². The van der Waals surface area contributed by atoms with E-state index in [1.165, 1.54) is 0 Å². The Hall–Kier alpha value is -2.60. The van der Waals surface area contributed by atoms with Crippen molar-refractivity contribution in [1.29, 1.82) is 0 Å². The number of para-hydroxylation sites is 1. The molecule has 0 saturated heterocycles. The van der Waals surface area contributed by atoms with Crippen LogP contribution in [0, 0.1) is 0 Å². The van der Waals surface area contributed by atoms with Crippen LogP contribution in [0.2, 0.25) is 0 Å². The summed E-state index contributed by atoms with van der Waals surface area (Å²) in [4.78, 5) is 0.210. The Morgan fingerprint density at radius 2 is 1.62 bits per heavy atom. The summed E-state index contributed by atoms with van der Waals surface area (Å²) in [5.41, 5.74) is 1.34. The molecule has 106 valence electrons. The molecule has 1 N–H and O–H groups in total. The fourth-order valence-electron chi connectivity index (χ4n) is 1.92. The largest absolute Gasteiger partial charge is 0.280 e. The highest BCUT2D eigenvalue weighted by molar-refractivity contribution is 7.92. The molecule has 0 aliphatic rings. The van der Waals surface area contributed by atoms with Crippen LogP contribution in [0.3, 0.4) is 0 Å². The predicted molar refractivity (Wildman–Crippen MR) is 80.8 cm³/mol. The second-order valence-corrected chi connectivity index (χ2v) is 6.10. The lowest BCUT2D eigenvalue weighted by Crippen LogP contribution is -2.12. The minimum atomic E-state index is -3.58. The van der Waals surface area contributed by atoms with Gasteiger partial charge >= 0.3 is 0 Å². The highest BCUT2D eigenvalue weighted by atomic mass is 32.2. The van der Waals surface area contributed by atoms with Gasteiger partial charge in [0, 0.05) is 18.1 Å². The smallest absolute Gasteiger partial charge is 0.261 e. The second-order valence-electron chi connectivity index (χ2n) is 4.42. The number of anilines is 1. The number of hydrogen-bond acceptors (Lipinski definition) is 3. The fraction of sp³-hybridized carbons (Fsp3) is 0. The lowest BCUT2D eigenvalue weighted by Gasteiger charge is -2.08. The van der Waals surface area contributed by atoms with Crippen LogP contribution in [0.25, 0.3) is 5.69 Å². The first-order valence-electron chi connectivity index (χ1n) is 6.33. The van der Waals surface area contributed by atoms with Crippen molar-refractivity contribution in [2.75, 3.05) is 4.72 Å². The molecule has 1 aromatic heterocycles. The molecule has 0 aliphatic carbocycles. The maximum Gasteiger partial charge on any atom is 0.261 e. The topological polar surface area (TPSA) is 64.0 Å². The van der Waals surface area contributed by atoms with E-state index < -0.39 is 10.0 Å². The van der Waals surface area contributed by atoms with E-state index in [4.69, 9.17) is 0 Å². The van der Waals surface area contributed by atoms with Gasteiger partial charge in [-0.2, -0.15) is 5.10 Å². The molecule has 21 heavy (non-hydrogen) atoms. The summed E-state index contributed by atoms with van der Waals surface area (Å²) >= 11 is 0. The van der Waals surface area contributed by atoms with Crippen molar-refractivity contribution in [3.63, 3.8) is 0 Å². The molecule has 0 saturated carbocycles. The van der Waals surface area contributed by atoms with Crippen LogP contribution in [0.4, 0.5) is 5.69 Å². The Labute approximate surface area is 122 Å². The van der Waals surface area contributed by atoms with Gasteiger partial charge in [0.05, 0.1) is 10.6 Å². The van der Waals surface area contributed by atoms with E-state index >= 15 is 0 Å². The molecule has 0 aliphatic heterocycles. The van der Waals surface area contributed by atoms with Crippen molar-refractivity contribution < 1.29 is 8.42 Å². The minimum absolute atomic E-state index is 0.210. The van der Waals surface area contributed by atoms with E-state index in [2.05, 4.69) is 9.82 Å². The maximum atomic E-state index is 12.3. The SMILES string of the molecule is O=S(=O)(Nc1ccccc1)c1ccc(-n2cccn2)cc1. The van der Waals surface area contributed by atoms with Gasteiger partial charge in [-0.3, -0.25) is 4.72 Å². The first-order chi connectivity index (χ1) is 10.1. The Morgan fingerprint density at radius 1 is 0.905 bits per heavy atom. The number of nitrogens with zero attached hydrogens (tertiary/aromatic N) is 2. The molecule has 5 nitrogen and oxygen atoms in total. The third-order valence-corrected chi connectivity index (χ3v) is 4.34. The number of rotatable bonds is 4. The molecule has 0 spiro atoms. The van der Waals surface area contributed by atoms with Crippen LogP contribution in [-0.2, 0) is 10.0 Å². The summed E-state index contributed by atoms with van der Waals surface area (Å²) < 4.78 is 28.7. The number of hydrogen-bond donors (Lipinski definition) is 1. The minimum Gasteiger partial charge on any atom is -0.280 e. The fourth-order valence-corrected chi connectivity index (χ4v) is 2.98. The summed E-state index contributed by atoms with van der Waals surface area (Å²) in [7, 11) is -3.58. The van der Waals surface area contributed by atoms with Crippen molar-refractivity contribution in [1.82, 2.24) is 9.78 Å². The standard InChI is InChI=1S/C15H13N3O2S/c19-21(20,17-13-5-2-1-3-6-13)15-9-7-14(8-10-15)18-12-4-11-16-18/h1-12,17H. The van der Waals surface area contributed by atoms with Crippen molar-refractivity contribution in [2.45, 2.75) is 4.90 Å². The molecule has 0 radical (unpaired) electrons. The number of benzene rings is 2. The molecule has 0 amide bonds. The van der Waals surface area contributed by atoms with Crippen molar-refractivity contribution in [3.05, 3.63) is 73.1 Å². The number of aromatic nitrogens is 2. The summed E-state index contributed by atoms with van der Waals surface area (Å²) in [6, 6.07) is 17.1. The summed E-state index contributed by atoms with van der Waals surface area (Å²) in [5.74, 6) is 0. The van der Waals surface area contributed by atoms with Crippen LogP contribution in [0.5, 0.6) is 0 Å². The molecular formula is C15H13N3O2S. The first-order valence-corrected chi connectivity index (χ1v) is 7.81. The van der Waals surface area contributed by atoms with Crippen molar-refractivity contribution in [2.24, 2.45) is 0 Å². The predicted octanol–water partition coefficient (Wildman–Crippen LogP) is 2.67. The molecular weight excluding hydrogens is 286 g/mol. The van der Waals surface area contributed by atoms with Crippen LogP contribution in [-0.4, -0.2) is 18.2 Å². The highest BCUT2D eigenvalue weighted by Gasteiger charge is 2.13. The molecule has 0 fully saturated rings. The zero-order valence-corrected chi connectivity index (χ0v) is 11.9. The summed E-state index contributed by atoms with van der Waals surface area (Å²) in [5, 5.41) is 4.10. The second kappa shape index (κ2) is 5.41. The number of nitrogens with one attached hydrogen (secondary N) is 1. The first kappa shape index (κ1) is 13.4. The van der Waals surface area contributed by atoms with Gasteiger partial charge in [0.15, 0.2) is 0 Å². The van der Waals surface area contributed by atoms with Gasteiger partial charge in [-0.1, -0.05) is 18.2 Å². The van der Waals surface area contributed by atoms with E-state index in [0.29, 0.717) is 5.69 Å². The summed E-state index contributed by atoms with van der Waals surface area (Å²) in [6.07, 6.45) is 3.47. The average molecular weight is 299 g/mol. The lowest BCUT2D eigenvalue weighted by molar-refractivity contribution is 0.601. The molecule has 0 atom stereocenters. The molecule has 3 rings (SSSR count). The zero-order chi connectivity index (χ0) is 14.7. The molecule has 0 bridgehead atoms. The van der Waals surface area contributed by atoms with Crippen LogP contribution in [0.15, 0.2) is 78.0 Å². The third kappa shape index (κ3) is 2.95. The monoisotopic (exact) mass is 299 g/mol. The van der Waals surface area contributed by atoms with Gasteiger partial charge in [-0.05, 0) is 42.5 Å². The van der Waals surface area contributed by atoms with Gasteiger partial charge in [0.2, 0.25) is 0 Å². The molecule has 3 aromatic rings. The molecule has 1 heterocycles. The van der Waals surface area contributed by atoms with Gasteiger partial charge < -0.3 is 0 Å². The highest BCUT2D eigenvalue weighted by Crippen LogP contribution is 2.17. The van der Waals surface area contributed by atoms with Crippen LogP contribution in [0.1, 0.15) is 0 Å². The van der Waals surface area contributed by atoms with Gasteiger partial charge in [0.1, 0.15) is 0 Å². The maximum absolute atomic E-state index is 12.3. The van der Waals surface area contributed by atoms with Crippen molar-refractivity contribution in [3.8, 4) is 5.69 Å². The van der Waals surface area contributed by atoms with Crippen LogP contribution >= 0.6 is 0 Å². The molecule has 0 unspecified atom stereocenters. The Kier molecular flexibility index (Phi) is 3.45. The van der Waals surface area contributed by atoms with Crippen molar-refractivity contribution >= 4 is 15.7 Å². The quantitative estimate of drug-likeness (QED) is 0.805. The normalized spacial score (nSPS) is 11.2. The Morgan fingerprint density at radius 3 is 2.24 bits per heavy atom. The van der Waals surface area contributed by atoms with E-state index in [1.54, 1.807) is 65.6 Å². The summed E-state index contributed by atoms with van der Waals surface area (Å²) in [6.45, 7) is 0. The van der Waals surface area contributed by atoms with E-state index in [1.807, 2.05) is 12.1 Å². The number of sulfonamides is 1. The molecule has 2 aromatic carbocycles. The lowest BCUT2D eigenvalue weighted by atomic mass is 10.3. The van der Waals surface area contributed by atoms with E-state index in [9.17, 15) is 8.42 Å². The Bertz CT molecular complexity index is 811. The van der Waals surface area contributed by atoms with Gasteiger partial charge in [-0.25, -0.2) is 13.1 Å². The van der Waals surface area contributed by atoms with Crippen LogP contribution < -0.4 is 4.72 Å². The van der Waals surface area contributed by atoms with E-state index in [-0.39, 0.29) is 4.90 Å². The zero-order valence-electron chi connectivity index (χ0n) is 11.0.